The van der Waals surface area contributed by atoms with Gasteiger partial charge in [-0.05, 0) is 42.2 Å². The van der Waals surface area contributed by atoms with Gasteiger partial charge in [0.2, 0.25) is 0 Å². The molecule has 1 aromatic heterocycles. The van der Waals surface area contributed by atoms with E-state index >= 15 is 0 Å². The van der Waals surface area contributed by atoms with E-state index in [4.69, 9.17) is 16.2 Å². The lowest BCUT2D eigenvalue weighted by Gasteiger charge is -2.06. The van der Waals surface area contributed by atoms with E-state index in [0.717, 1.165) is 35.0 Å². The van der Waals surface area contributed by atoms with Crippen LogP contribution in [-0.2, 0) is 12.8 Å². The molecule has 4 N–H and O–H groups in total. The maximum Gasteiger partial charge on any atom is 0.146 e. The number of hydrogen-bond acceptors (Lipinski definition) is 6. The predicted octanol–water partition coefficient (Wildman–Crippen LogP) is 1.36. The van der Waals surface area contributed by atoms with Gasteiger partial charge in [-0.3, -0.25) is 0 Å². The summed E-state index contributed by atoms with van der Waals surface area (Å²) in [6.45, 7) is 0.608. The van der Waals surface area contributed by atoms with Crippen LogP contribution in [0.3, 0.4) is 0 Å². The van der Waals surface area contributed by atoms with Crippen molar-refractivity contribution < 1.29 is 4.74 Å². The fourth-order valence-electron chi connectivity index (χ4n) is 1.95. The third kappa shape index (κ3) is 4.26. The molecule has 0 saturated carbocycles. The van der Waals surface area contributed by atoms with Crippen LogP contribution in [-0.4, -0.2) is 29.1 Å². The highest BCUT2D eigenvalue weighted by atomic mass is 32.1. The average Bonchev–Trinajstić information content (AvgIpc) is 2.86. The van der Waals surface area contributed by atoms with Crippen LogP contribution >= 0.6 is 11.5 Å². The van der Waals surface area contributed by atoms with Crippen molar-refractivity contribution in [3.63, 3.8) is 0 Å². The number of benzene rings is 1. The summed E-state index contributed by atoms with van der Waals surface area (Å²) in [4.78, 5) is 4.53. The lowest BCUT2D eigenvalue weighted by atomic mass is 10.1. The van der Waals surface area contributed by atoms with Gasteiger partial charge in [-0.25, -0.2) is 4.98 Å². The predicted molar refractivity (Wildman–Crippen MR) is 81.1 cm³/mol. The zero-order valence-electron chi connectivity index (χ0n) is 11.6. The van der Waals surface area contributed by atoms with Crippen molar-refractivity contribution in [3.8, 4) is 5.75 Å². The van der Waals surface area contributed by atoms with Crippen LogP contribution in [0, 0.1) is 0 Å². The number of methoxy groups -OCH3 is 1. The molecule has 1 unspecified atom stereocenters. The van der Waals surface area contributed by atoms with Gasteiger partial charge in [-0.1, -0.05) is 12.1 Å². The van der Waals surface area contributed by atoms with Crippen LogP contribution in [0.25, 0.3) is 0 Å². The monoisotopic (exact) mass is 292 g/mol. The van der Waals surface area contributed by atoms with Crippen LogP contribution in [0.2, 0.25) is 0 Å². The molecule has 0 fully saturated rings. The molecule has 6 heteroatoms. The highest BCUT2D eigenvalue weighted by molar-refractivity contribution is 7.05. The molecule has 0 aliphatic carbocycles. The molecule has 2 rings (SSSR count). The number of ether oxygens (including phenoxy) is 1. The topological polar surface area (TPSA) is 87.0 Å². The first-order valence-corrected chi connectivity index (χ1v) is 7.38. The van der Waals surface area contributed by atoms with E-state index in [2.05, 4.69) is 9.36 Å². The second-order valence-corrected chi connectivity index (χ2v) is 5.51. The molecule has 1 heterocycles. The van der Waals surface area contributed by atoms with Crippen LogP contribution in [0.15, 0.2) is 24.3 Å². The Labute approximate surface area is 123 Å². The minimum absolute atomic E-state index is 0.0672. The van der Waals surface area contributed by atoms with Gasteiger partial charge in [-0.15, -0.1) is 0 Å². The van der Waals surface area contributed by atoms with Crippen LogP contribution < -0.4 is 16.2 Å². The second-order valence-electron chi connectivity index (χ2n) is 4.67. The van der Waals surface area contributed by atoms with Gasteiger partial charge in [0.15, 0.2) is 0 Å². The number of nitrogens with two attached hydrogens (primary N) is 2. The summed E-state index contributed by atoms with van der Waals surface area (Å²) in [6.07, 6.45) is 2.26. The molecule has 0 bridgehead atoms. The highest BCUT2D eigenvalue weighted by Gasteiger charge is 2.09. The Morgan fingerprint density at radius 1 is 1.40 bits per heavy atom. The first-order chi connectivity index (χ1) is 9.71. The standard InChI is InChI=1S/C14H20N4OS/c1-19-12-4-2-3-10(7-12)8-13-17-14(20-18-13)9-11(16)5-6-15/h2-4,7,11H,5-6,8-9,15-16H2,1H3. The van der Waals surface area contributed by atoms with Crippen molar-refractivity contribution in [1.29, 1.82) is 0 Å². The fraction of sp³-hybridized carbons (Fsp3) is 0.429. The first-order valence-electron chi connectivity index (χ1n) is 6.61. The third-order valence-electron chi connectivity index (χ3n) is 2.98. The van der Waals surface area contributed by atoms with Gasteiger partial charge in [0, 0.05) is 18.9 Å². The number of nitrogens with zero attached hydrogens (tertiary/aromatic N) is 2. The van der Waals surface area contributed by atoms with Crippen LogP contribution in [0.5, 0.6) is 5.75 Å². The lowest BCUT2D eigenvalue weighted by molar-refractivity contribution is 0.414. The van der Waals surface area contributed by atoms with E-state index in [-0.39, 0.29) is 6.04 Å². The summed E-state index contributed by atoms with van der Waals surface area (Å²) in [6, 6.07) is 8.01. The Balaban J connectivity index is 1.98. The van der Waals surface area contributed by atoms with Gasteiger partial charge in [0.1, 0.15) is 16.6 Å². The molecule has 0 radical (unpaired) electrons. The second kappa shape index (κ2) is 7.33. The molecule has 0 spiro atoms. The summed E-state index contributed by atoms with van der Waals surface area (Å²) in [5.74, 6) is 1.68. The molecule has 1 aromatic carbocycles. The van der Waals surface area contributed by atoms with E-state index in [9.17, 15) is 0 Å². The van der Waals surface area contributed by atoms with Crippen LogP contribution in [0.1, 0.15) is 22.8 Å². The molecule has 0 amide bonds. The summed E-state index contributed by atoms with van der Waals surface area (Å²) in [7, 11) is 1.66. The molecule has 1 atom stereocenters. The van der Waals surface area contributed by atoms with E-state index in [0.29, 0.717) is 13.0 Å². The molecule has 20 heavy (non-hydrogen) atoms. The number of hydrogen-bond donors (Lipinski definition) is 2. The Morgan fingerprint density at radius 2 is 2.25 bits per heavy atom. The largest absolute Gasteiger partial charge is 0.497 e. The summed E-state index contributed by atoms with van der Waals surface area (Å²) < 4.78 is 9.59. The molecule has 0 saturated heterocycles. The van der Waals surface area contributed by atoms with E-state index in [1.165, 1.54) is 11.5 Å². The first kappa shape index (κ1) is 14.9. The third-order valence-corrected chi connectivity index (χ3v) is 3.75. The Kier molecular flexibility index (Phi) is 5.46. The summed E-state index contributed by atoms with van der Waals surface area (Å²) in [5.41, 5.74) is 12.6. The molecular formula is C14H20N4OS. The van der Waals surface area contributed by atoms with E-state index in [1.807, 2.05) is 24.3 Å². The molecular weight excluding hydrogens is 272 g/mol. The zero-order valence-corrected chi connectivity index (χ0v) is 12.4. The van der Waals surface area contributed by atoms with Crippen LogP contribution in [0.4, 0.5) is 0 Å². The highest BCUT2D eigenvalue weighted by Crippen LogP contribution is 2.16. The number of rotatable bonds is 7. The SMILES string of the molecule is COc1cccc(Cc2nsc(CC(N)CCN)n2)c1. The fourth-order valence-corrected chi connectivity index (χ4v) is 2.70. The smallest absolute Gasteiger partial charge is 0.146 e. The molecule has 5 nitrogen and oxygen atoms in total. The Hall–Kier alpha value is -1.50. The molecule has 0 aliphatic heterocycles. The zero-order chi connectivity index (χ0) is 14.4. The van der Waals surface area contributed by atoms with Crippen molar-refractivity contribution >= 4 is 11.5 Å². The Bertz CT molecular complexity index is 543. The number of aromatic nitrogens is 2. The molecule has 0 aliphatic rings. The molecule has 108 valence electrons. The van der Waals surface area contributed by atoms with Crippen molar-refractivity contribution in [2.45, 2.75) is 25.3 Å². The quantitative estimate of drug-likeness (QED) is 0.804. The minimum atomic E-state index is 0.0672. The van der Waals surface area contributed by atoms with E-state index < -0.39 is 0 Å². The van der Waals surface area contributed by atoms with Gasteiger partial charge in [-0.2, -0.15) is 4.37 Å². The maximum absolute atomic E-state index is 5.96. The van der Waals surface area contributed by atoms with Gasteiger partial charge in [0.05, 0.1) is 7.11 Å². The van der Waals surface area contributed by atoms with Crippen molar-refractivity contribution in [2.75, 3.05) is 13.7 Å². The lowest BCUT2D eigenvalue weighted by Crippen LogP contribution is -2.25. The average molecular weight is 292 g/mol. The normalized spacial score (nSPS) is 12.3. The maximum atomic E-state index is 5.96. The molecule has 2 aromatic rings. The minimum Gasteiger partial charge on any atom is -0.497 e. The summed E-state index contributed by atoms with van der Waals surface area (Å²) >= 11 is 1.42. The van der Waals surface area contributed by atoms with Crippen molar-refractivity contribution in [3.05, 3.63) is 40.7 Å². The van der Waals surface area contributed by atoms with Gasteiger partial charge < -0.3 is 16.2 Å². The Morgan fingerprint density at radius 3 is 3.00 bits per heavy atom. The van der Waals surface area contributed by atoms with Crippen molar-refractivity contribution in [2.24, 2.45) is 11.5 Å². The van der Waals surface area contributed by atoms with Gasteiger partial charge in [0.25, 0.3) is 0 Å². The van der Waals surface area contributed by atoms with Crippen molar-refractivity contribution in [1.82, 2.24) is 9.36 Å². The summed E-state index contributed by atoms with van der Waals surface area (Å²) in [5, 5.41) is 0.976. The van der Waals surface area contributed by atoms with E-state index in [1.54, 1.807) is 7.11 Å². The van der Waals surface area contributed by atoms with Gasteiger partial charge >= 0.3 is 0 Å².